The minimum Gasteiger partial charge on any atom is -0.457 e. The van der Waals surface area contributed by atoms with Crippen molar-refractivity contribution in [1.29, 1.82) is 0 Å². The fourth-order valence-electron chi connectivity index (χ4n) is 1.73. The third kappa shape index (κ3) is 2.62. The highest BCUT2D eigenvalue weighted by molar-refractivity contribution is 7.89. The van der Waals surface area contributed by atoms with Gasteiger partial charge in [0.05, 0.1) is 4.90 Å². The van der Waals surface area contributed by atoms with Gasteiger partial charge in [0.1, 0.15) is 11.5 Å². The number of ether oxygens (including phenoxy) is 1. The van der Waals surface area contributed by atoms with E-state index in [0.717, 1.165) is 5.75 Å². The first-order valence-corrected chi connectivity index (χ1v) is 7.43. The van der Waals surface area contributed by atoms with E-state index in [1.807, 2.05) is 30.3 Å². The van der Waals surface area contributed by atoms with Crippen LogP contribution >= 0.6 is 0 Å². The van der Waals surface area contributed by atoms with Gasteiger partial charge in [0.25, 0.3) is 0 Å². The summed E-state index contributed by atoms with van der Waals surface area (Å²) in [6, 6.07) is 15.9. The molecule has 0 spiro atoms. The van der Waals surface area contributed by atoms with E-state index in [2.05, 4.69) is 0 Å². The molecule has 5 heteroatoms. The molecular weight excluding hydrogens is 262 g/mol. The lowest BCUT2D eigenvalue weighted by atomic mass is 10.3. The first-order chi connectivity index (χ1) is 9.16. The zero-order chi connectivity index (χ0) is 13.3. The second kappa shape index (κ2) is 4.68. The lowest BCUT2D eigenvalue weighted by Crippen LogP contribution is -2.11. The highest BCUT2D eigenvalue weighted by Gasteiger charge is 2.32. The van der Waals surface area contributed by atoms with Crippen LogP contribution in [0.25, 0.3) is 0 Å². The van der Waals surface area contributed by atoms with E-state index in [9.17, 15) is 8.42 Å². The quantitative estimate of drug-likeness (QED) is 0.805. The highest BCUT2D eigenvalue weighted by Crippen LogP contribution is 2.25. The zero-order valence-corrected chi connectivity index (χ0v) is 11.0. The van der Waals surface area contributed by atoms with Gasteiger partial charge >= 0.3 is 0 Å². The van der Waals surface area contributed by atoms with Crippen molar-refractivity contribution in [3.05, 3.63) is 54.6 Å². The summed E-state index contributed by atoms with van der Waals surface area (Å²) in [4.78, 5) is 0.311. The van der Waals surface area contributed by atoms with Crippen molar-refractivity contribution in [2.45, 2.75) is 4.90 Å². The SMILES string of the molecule is O=S(=O)(c1ccc(Oc2ccccc2)cc1)N1CC1. The molecule has 0 aromatic heterocycles. The molecule has 2 aromatic rings. The Bertz CT molecular complexity index is 662. The number of hydrogen-bond donors (Lipinski definition) is 0. The van der Waals surface area contributed by atoms with Crippen molar-refractivity contribution in [2.24, 2.45) is 0 Å². The second-order valence-electron chi connectivity index (χ2n) is 4.29. The minimum absolute atomic E-state index is 0.311. The molecule has 98 valence electrons. The van der Waals surface area contributed by atoms with E-state index in [4.69, 9.17) is 4.74 Å². The Hall–Kier alpha value is -1.85. The average Bonchev–Trinajstić information content (AvgIpc) is 3.25. The number of hydrogen-bond acceptors (Lipinski definition) is 3. The van der Waals surface area contributed by atoms with Gasteiger partial charge in [0.15, 0.2) is 0 Å². The van der Waals surface area contributed by atoms with Crippen LogP contribution < -0.4 is 4.74 Å². The second-order valence-corrected chi connectivity index (χ2v) is 6.23. The molecule has 1 heterocycles. The standard InChI is InChI=1S/C14H13NO3S/c16-19(17,15-10-11-15)14-8-6-13(7-9-14)18-12-4-2-1-3-5-12/h1-9H,10-11H2. The van der Waals surface area contributed by atoms with Gasteiger partial charge in [-0.25, -0.2) is 8.42 Å². The van der Waals surface area contributed by atoms with Crippen LogP contribution in [-0.2, 0) is 10.0 Å². The van der Waals surface area contributed by atoms with Gasteiger partial charge in [0.2, 0.25) is 10.0 Å². The van der Waals surface area contributed by atoms with Gasteiger partial charge in [-0.3, -0.25) is 0 Å². The molecule has 0 atom stereocenters. The largest absolute Gasteiger partial charge is 0.457 e. The van der Waals surface area contributed by atoms with E-state index in [-0.39, 0.29) is 0 Å². The molecule has 0 aliphatic carbocycles. The van der Waals surface area contributed by atoms with Crippen molar-refractivity contribution < 1.29 is 13.2 Å². The number of sulfonamides is 1. The Labute approximate surface area is 112 Å². The topological polar surface area (TPSA) is 46.4 Å². The van der Waals surface area contributed by atoms with E-state index in [1.54, 1.807) is 24.3 Å². The summed E-state index contributed by atoms with van der Waals surface area (Å²) in [6.07, 6.45) is 0. The van der Waals surface area contributed by atoms with Crippen molar-refractivity contribution in [1.82, 2.24) is 4.31 Å². The van der Waals surface area contributed by atoms with Crippen LogP contribution in [0.3, 0.4) is 0 Å². The van der Waals surface area contributed by atoms with Crippen LogP contribution in [0.1, 0.15) is 0 Å². The summed E-state index contributed by atoms with van der Waals surface area (Å²) >= 11 is 0. The van der Waals surface area contributed by atoms with Gasteiger partial charge in [-0.15, -0.1) is 0 Å². The third-order valence-electron chi connectivity index (χ3n) is 2.85. The molecule has 0 radical (unpaired) electrons. The molecule has 0 bridgehead atoms. The van der Waals surface area contributed by atoms with E-state index in [1.165, 1.54) is 4.31 Å². The van der Waals surface area contributed by atoms with Crippen molar-refractivity contribution in [3.8, 4) is 11.5 Å². The fourth-order valence-corrected chi connectivity index (χ4v) is 3.08. The van der Waals surface area contributed by atoms with Gasteiger partial charge in [0, 0.05) is 13.1 Å². The van der Waals surface area contributed by atoms with Crippen LogP contribution in [0.2, 0.25) is 0 Å². The zero-order valence-electron chi connectivity index (χ0n) is 10.2. The molecule has 2 aromatic carbocycles. The van der Waals surface area contributed by atoms with Gasteiger partial charge in [-0.1, -0.05) is 18.2 Å². The van der Waals surface area contributed by atoms with E-state index in [0.29, 0.717) is 23.7 Å². The van der Waals surface area contributed by atoms with Gasteiger partial charge < -0.3 is 4.74 Å². The highest BCUT2D eigenvalue weighted by atomic mass is 32.2. The Morgan fingerprint density at radius 1 is 0.842 bits per heavy atom. The monoisotopic (exact) mass is 275 g/mol. The molecule has 0 saturated carbocycles. The molecule has 0 unspecified atom stereocenters. The Morgan fingerprint density at radius 2 is 1.42 bits per heavy atom. The maximum Gasteiger partial charge on any atom is 0.243 e. The van der Waals surface area contributed by atoms with E-state index >= 15 is 0 Å². The number of nitrogens with zero attached hydrogens (tertiary/aromatic N) is 1. The van der Waals surface area contributed by atoms with Crippen molar-refractivity contribution >= 4 is 10.0 Å². The molecule has 1 aliphatic rings. The van der Waals surface area contributed by atoms with Crippen LogP contribution in [-0.4, -0.2) is 25.8 Å². The smallest absolute Gasteiger partial charge is 0.243 e. The first kappa shape index (κ1) is 12.2. The summed E-state index contributed by atoms with van der Waals surface area (Å²) in [7, 11) is -3.28. The summed E-state index contributed by atoms with van der Waals surface area (Å²) < 4.78 is 30.9. The lowest BCUT2D eigenvalue weighted by Gasteiger charge is -2.07. The fraction of sp³-hybridized carbons (Fsp3) is 0.143. The summed E-state index contributed by atoms with van der Waals surface area (Å²) in [5.74, 6) is 1.35. The number of benzene rings is 2. The number of para-hydroxylation sites is 1. The Balaban J connectivity index is 1.80. The predicted octanol–water partition coefficient (Wildman–Crippen LogP) is 2.48. The normalized spacial score (nSPS) is 15.2. The molecule has 0 amide bonds. The lowest BCUT2D eigenvalue weighted by molar-refractivity contribution is 0.482. The molecule has 4 nitrogen and oxygen atoms in total. The minimum atomic E-state index is -3.28. The van der Waals surface area contributed by atoms with Crippen molar-refractivity contribution in [3.63, 3.8) is 0 Å². The predicted molar refractivity (Wildman–Crippen MR) is 71.7 cm³/mol. The first-order valence-electron chi connectivity index (χ1n) is 5.99. The number of rotatable bonds is 4. The van der Waals surface area contributed by atoms with Crippen LogP contribution in [0.4, 0.5) is 0 Å². The van der Waals surface area contributed by atoms with Crippen LogP contribution in [0.5, 0.6) is 11.5 Å². The molecule has 19 heavy (non-hydrogen) atoms. The summed E-state index contributed by atoms with van der Waals surface area (Å²) in [6.45, 7) is 1.23. The third-order valence-corrected chi connectivity index (χ3v) is 4.76. The summed E-state index contributed by atoms with van der Waals surface area (Å²) in [5, 5.41) is 0. The van der Waals surface area contributed by atoms with Crippen LogP contribution in [0, 0.1) is 0 Å². The van der Waals surface area contributed by atoms with Gasteiger partial charge in [-0.05, 0) is 36.4 Å². The van der Waals surface area contributed by atoms with Gasteiger partial charge in [-0.2, -0.15) is 4.31 Å². The van der Waals surface area contributed by atoms with Crippen LogP contribution in [0.15, 0.2) is 59.5 Å². The molecule has 0 N–H and O–H groups in total. The average molecular weight is 275 g/mol. The maximum atomic E-state index is 11.9. The maximum absolute atomic E-state index is 11.9. The Kier molecular flexibility index (Phi) is 3.00. The molecule has 1 aliphatic heterocycles. The van der Waals surface area contributed by atoms with E-state index < -0.39 is 10.0 Å². The molecule has 1 saturated heterocycles. The molecule has 3 rings (SSSR count). The molecule has 1 fully saturated rings. The molecular formula is C14H13NO3S. The van der Waals surface area contributed by atoms with Crippen molar-refractivity contribution in [2.75, 3.05) is 13.1 Å². The summed E-state index contributed by atoms with van der Waals surface area (Å²) in [5.41, 5.74) is 0. The Morgan fingerprint density at radius 3 is 2.00 bits per heavy atom.